The second kappa shape index (κ2) is 6.62. The molecule has 1 aliphatic heterocycles. The van der Waals surface area contributed by atoms with Gasteiger partial charge in [0, 0.05) is 25.2 Å². The summed E-state index contributed by atoms with van der Waals surface area (Å²) in [5.41, 5.74) is -0.473. The van der Waals surface area contributed by atoms with Crippen molar-refractivity contribution in [1.29, 1.82) is 0 Å². The van der Waals surface area contributed by atoms with Crippen molar-refractivity contribution >= 4 is 11.6 Å². The normalized spacial score (nSPS) is 18.3. The van der Waals surface area contributed by atoms with E-state index in [4.69, 9.17) is 0 Å². The molecule has 0 aliphatic carbocycles. The smallest absolute Gasteiger partial charge is 0.272 e. The van der Waals surface area contributed by atoms with E-state index < -0.39 is 16.6 Å². The molecule has 0 saturated carbocycles. The number of rotatable bonds is 4. The van der Waals surface area contributed by atoms with Crippen LogP contribution in [0.2, 0.25) is 0 Å². The van der Waals surface area contributed by atoms with E-state index in [-0.39, 0.29) is 17.3 Å². The maximum Gasteiger partial charge on any atom is 0.272 e. The van der Waals surface area contributed by atoms with Crippen LogP contribution in [0, 0.1) is 15.9 Å². The predicted molar refractivity (Wildman–Crippen MR) is 75.7 cm³/mol. The number of benzene rings is 1. The molecule has 0 bridgehead atoms. The van der Waals surface area contributed by atoms with Crippen molar-refractivity contribution in [3.05, 3.63) is 39.7 Å². The first-order chi connectivity index (χ1) is 10.0. The molecule has 114 valence electrons. The summed E-state index contributed by atoms with van der Waals surface area (Å²) in [5, 5.41) is 13.8. The van der Waals surface area contributed by atoms with Gasteiger partial charge in [-0.1, -0.05) is 0 Å². The van der Waals surface area contributed by atoms with Crippen LogP contribution in [-0.2, 0) is 0 Å². The number of carbonyl (C=O) groups excluding carboxylic acids is 1. The Balaban J connectivity index is 2.22. The zero-order valence-corrected chi connectivity index (χ0v) is 11.8. The number of piperidine rings is 1. The van der Waals surface area contributed by atoms with E-state index in [0.29, 0.717) is 13.1 Å². The number of likely N-dealkylation sites (N-methyl/N-ethyl adjacent to an activating group) is 1. The number of nitro groups is 1. The number of amides is 1. The van der Waals surface area contributed by atoms with Gasteiger partial charge in [0.25, 0.3) is 11.6 Å². The lowest BCUT2D eigenvalue weighted by Gasteiger charge is -2.34. The molecule has 1 heterocycles. The number of hydrogen-bond donors (Lipinski definition) is 1. The molecule has 1 aliphatic rings. The highest BCUT2D eigenvalue weighted by atomic mass is 19.1. The molecule has 1 unspecified atom stereocenters. The Morgan fingerprint density at radius 1 is 1.57 bits per heavy atom. The predicted octanol–water partition coefficient (Wildman–Crippen LogP) is 1.95. The second-order valence-corrected chi connectivity index (χ2v) is 5.01. The Kier molecular flexibility index (Phi) is 4.85. The molecule has 1 saturated heterocycles. The molecule has 1 aromatic carbocycles. The summed E-state index contributed by atoms with van der Waals surface area (Å²) in [4.78, 5) is 24.0. The minimum absolute atomic E-state index is 0.0332. The van der Waals surface area contributed by atoms with Gasteiger partial charge >= 0.3 is 0 Å². The van der Waals surface area contributed by atoms with Crippen molar-refractivity contribution in [3.8, 4) is 0 Å². The highest BCUT2D eigenvalue weighted by Gasteiger charge is 2.27. The van der Waals surface area contributed by atoms with E-state index >= 15 is 0 Å². The van der Waals surface area contributed by atoms with Gasteiger partial charge in [-0.3, -0.25) is 14.9 Å². The minimum atomic E-state index is -0.851. The van der Waals surface area contributed by atoms with E-state index in [1.54, 1.807) is 4.90 Å². The molecule has 1 atom stereocenters. The lowest BCUT2D eigenvalue weighted by Crippen LogP contribution is -2.48. The van der Waals surface area contributed by atoms with Crippen molar-refractivity contribution in [3.63, 3.8) is 0 Å². The van der Waals surface area contributed by atoms with E-state index in [1.807, 2.05) is 6.92 Å². The third kappa shape index (κ3) is 3.36. The first-order valence-corrected chi connectivity index (χ1v) is 7.00. The Hall–Kier alpha value is -2.02. The van der Waals surface area contributed by atoms with Crippen molar-refractivity contribution in [2.75, 3.05) is 19.6 Å². The number of carbonyl (C=O) groups is 1. The average Bonchev–Trinajstić information content (AvgIpc) is 2.48. The molecular weight excluding hydrogens is 277 g/mol. The van der Waals surface area contributed by atoms with Crippen molar-refractivity contribution in [1.82, 2.24) is 10.2 Å². The second-order valence-electron chi connectivity index (χ2n) is 5.01. The molecule has 2 rings (SSSR count). The third-order valence-electron chi connectivity index (χ3n) is 3.71. The van der Waals surface area contributed by atoms with Gasteiger partial charge < -0.3 is 10.2 Å². The molecule has 21 heavy (non-hydrogen) atoms. The molecule has 1 amide bonds. The first kappa shape index (κ1) is 15.4. The largest absolute Gasteiger partial charge is 0.335 e. The van der Waals surface area contributed by atoms with Crippen LogP contribution in [0.15, 0.2) is 18.2 Å². The highest BCUT2D eigenvalue weighted by Crippen LogP contribution is 2.20. The zero-order chi connectivity index (χ0) is 15.4. The minimum Gasteiger partial charge on any atom is -0.335 e. The van der Waals surface area contributed by atoms with Crippen LogP contribution in [0.25, 0.3) is 0 Å². The maximum absolute atomic E-state index is 14.0. The van der Waals surface area contributed by atoms with Crippen LogP contribution in [0.5, 0.6) is 0 Å². The quantitative estimate of drug-likeness (QED) is 0.680. The molecule has 0 spiro atoms. The zero-order valence-electron chi connectivity index (χ0n) is 11.8. The Morgan fingerprint density at radius 2 is 2.33 bits per heavy atom. The number of hydrogen-bond acceptors (Lipinski definition) is 4. The Labute approximate surface area is 122 Å². The van der Waals surface area contributed by atoms with Gasteiger partial charge in [0.15, 0.2) is 0 Å². The summed E-state index contributed by atoms with van der Waals surface area (Å²) in [6.07, 6.45) is 1.85. The standard InChI is InChI=1S/C14H18FN3O3/c1-2-17(11-4-3-7-16-9-11)14(19)12-6-5-10(18(20)21)8-13(12)15/h5-6,8,11,16H,2-4,7,9H2,1H3. The summed E-state index contributed by atoms with van der Waals surface area (Å²) in [6.45, 7) is 3.93. The Morgan fingerprint density at radius 3 is 2.86 bits per heavy atom. The summed E-state index contributed by atoms with van der Waals surface area (Å²) in [6, 6.07) is 3.17. The average molecular weight is 295 g/mol. The summed E-state index contributed by atoms with van der Waals surface area (Å²) in [5.74, 6) is -1.27. The molecule has 1 N–H and O–H groups in total. The number of nitrogens with one attached hydrogen (secondary N) is 1. The summed E-state index contributed by atoms with van der Waals surface area (Å²) < 4.78 is 14.0. The van der Waals surface area contributed by atoms with Gasteiger partial charge in [-0.15, -0.1) is 0 Å². The molecule has 1 fully saturated rings. The number of halogens is 1. The van der Waals surface area contributed by atoms with E-state index in [9.17, 15) is 19.3 Å². The van der Waals surface area contributed by atoms with Crippen LogP contribution >= 0.6 is 0 Å². The summed E-state index contributed by atoms with van der Waals surface area (Å²) in [7, 11) is 0. The lowest BCUT2D eigenvalue weighted by molar-refractivity contribution is -0.385. The van der Waals surface area contributed by atoms with Crippen LogP contribution in [0.1, 0.15) is 30.1 Å². The van der Waals surface area contributed by atoms with E-state index in [0.717, 1.165) is 31.5 Å². The molecule has 6 nitrogen and oxygen atoms in total. The monoisotopic (exact) mass is 295 g/mol. The Bertz CT molecular complexity index is 544. The molecule has 0 radical (unpaired) electrons. The van der Waals surface area contributed by atoms with Gasteiger partial charge in [-0.05, 0) is 32.4 Å². The van der Waals surface area contributed by atoms with Gasteiger partial charge in [-0.2, -0.15) is 0 Å². The van der Waals surface area contributed by atoms with Crippen molar-refractivity contribution in [2.24, 2.45) is 0 Å². The topological polar surface area (TPSA) is 75.5 Å². The molecular formula is C14H18FN3O3. The van der Waals surface area contributed by atoms with Gasteiger partial charge in [-0.25, -0.2) is 4.39 Å². The maximum atomic E-state index is 14.0. The molecule has 7 heteroatoms. The van der Waals surface area contributed by atoms with E-state index in [2.05, 4.69) is 5.32 Å². The fraction of sp³-hybridized carbons (Fsp3) is 0.500. The SMILES string of the molecule is CCN(C(=O)c1ccc([N+](=O)[O-])cc1F)C1CCCNC1. The van der Waals surface area contributed by atoms with Gasteiger partial charge in [0.05, 0.1) is 16.6 Å². The third-order valence-corrected chi connectivity index (χ3v) is 3.71. The fourth-order valence-electron chi connectivity index (χ4n) is 2.61. The van der Waals surface area contributed by atoms with Gasteiger partial charge in [0.1, 0.15) is 5.82 Å². The fourth-order valence-corrected chi connectivity index (χ4v) is 2.61. The highest BCUT2D eigenvalue weighted by molar-refractivity contribution is 5.95. The first-order valence-electron chi connectivity index (χ1n) is 7.00. The number of nitrogens with zero attached hydrogens (tertiary/aromatic N) is 2. The van der Waals surface area contributed by atoms with Gasteiger partial charge in [0.2, 0.25) is 0 Å². The molecule has 1 aromatic rings. The van der Waals surface area contributed by atoms with Crippen LogP contribution in [0.4, 0.5) is 10.1 Å². The van der Waals surface area contributed by atoms with E-state index in [1.165, 1.54) is 6.07 Å². The van der Waals surface area contributed by atoms with Crippen LogP contribution in [0.3, 0.4) is 0 Å². The number of non-ortho nitro benzene ring substituents is 1. The van der Waals surface area contributed by atoms with Crippen molar-refractivity contribution in [2.45, 2.75) is 25.8 Å². The molecule has 0 aromatic heterocycles. The number of nitro benzene ring substituents is 1. The van der Waals surface area contributed by atoms with Crippen LogP contribution in [-0.4, -0.2) is 41.4 Å². The lowest BCUT2D eigenvalue weighted by atomic mass is 10.0. The summed E-state index contributed by atoms with van der Waals surface area (Å²) >= 11 is 0. The van der Waals surface area contributed by atoms with Crippen LogP contribution < -0.4 is 5.32 Å². The van der Waals surface area contributed by atoms with Crippen molar-refractivity contribution < 1.29 is 14.1 Å².